The van der Waals surface area contributed by atoms with E-state index in [1.165, 1.54) is 16.3 Å². The molecule has 2 aromatic heterocycles. The quantitative estimate of drug-likeness (QED) is 0.395. The minimum atomic E-state index is -0.238. The van der Waals surface area contributed by atoms with E-state index in [4.69, 9.17) is 0 Å². The van der Waals surface area contributed by atoms with Gasteiger partial charge < -0.3 is 10.6 Å². The summed E-state index contributed by atoms with van der Waals surface area (Å²) >= 11 is 1.21. The van der Waals surface area contributed by atoms with Gasteiger partial charge in [-0.1, -0.05) is 30.8 Å². The smallest absolute Gasteiger partial charge is 0.262 e. The van der Waals surface area contributed by atoms with Crippen molar-refractivity contribution < 1.29 is 9.59 Å². The summed E-state index contributed by atoms with van der Waals surface area (Å²) in [5, 5.41) is 15.1. The number of carbonyl (C=O) groups is 2. The number of hydrogen-bond acceptors (Lipinski definition) is 6. The van der Waals surface area contributed by atoms with Crippen LogP contribution in [0.15, 0.2) is 52.4 Å². The van der Waals surface area contributed by atoms with E-state index < -0.39 is 0 Å². The first-order chi connectivity index (χ1) is 16.3. The first-order valence-electron chi connectivity index (χ1n) is 11.0. The third-order valence-corrected chi connectivity index (χ3v) is 6.51. The number of anilines is 1. The van der Waals surface area contributed by atoms with Gasteiger partial charge in [0, 0.05) is 24.3 Å². The maximum Gasteiger partial charge on any atom is 0.262 e. The average molecular weight is 479 g/mol. The van der Waals surface area contributed by atoms with Gasteiger partial charge in [0.25, 0.3) is 11.5 Å². The second kappa shape index (κ2) is 9.68. The number of rotatable bonds is 7. The minimum absolute atomic E-state index is 0.0276. The molecule has 176 valence electrons. The maximum atomic E-state index is 12.9. The zero-order valence-electron chi connectivity index (χ0n) is 19.5. The van der Waals surface area contributed by atoms with Crippen LogP contribution in [0.1, 0.15) is 36.2 Å². The van der Waals surface area contributed by atoms with E-state index in [-0.39, 0.29) is 29.2 Å². The van der Waals surface area contributed by atoms with Crippen LogP contribution in [0.3, 0.4) is 0 Å². The van der Waals surface area contributed by atoms with Gasteiger partial charge in [0.05, 0.1) is 16.7 Å². The van der Waals surface area contributed by atoms with Crippen molar-refractivity contribution in [1.82, 2.24) is 24.5 Å². The predicted molar refractivity (Wildman–Crippen MR) is 133 cm³/mol. The molecule has 1 atom stereocenters. The molecule has 0 saturated carbocycles. The molecule has 2 amide bonds. The van der Waals surface area contributed by atoms with Gasteiger partial charge in [-0.15, -0.1) is 10.2 Å². The fourth-order valence-electron chi connectivity index (χ4n) is 3.55. The molecule has 2 N–H and O–H groups in total. The summed E-state index contributed by atoms with van der Waals surface area (Å²) in [6.07, 6.45) is 0.807. The minimum Gasteiger partial charge on any atom is -0.350 e. The van der Waals surface area contributed by atoms with Gasteiger partial charge >= 0.3 is 0 Å². The second-order valence-corrected chi connectivity index (χ2v) is 9.15. The fourth-order valence-corrected chi connectivity index (χ4v) is 4.29. The summed E-state index contributed by atoms with van der Waals surface area (Å²) in [7, 11) is 1.62. The lowest BCUT2D eigenvalue weighted by atomic mass is 10.1. The average Bonchev–Trinajstić information content (AvgIpc) is 3.25. The van der Waals surface area contributed by atoms with E-state index in [1.54, 1.807) is 29.6 Å². The molecule has 0 saturated heterocycles. The fraction of sp³-hybridized carbons (Fsp3) is 0.292. The van der Waals surface area contributed by atoms with Crippen LogP contribution in [-0.4, -0.2) is 42.8 Å². The van der Waals surface area contributed by atoms with Crippen molar-refractivity contribution in [3.63, 3.8) is 0 Å². The summed E-state index contributed by atoms with van der Waals surface area (Å²) in [4.78, 5) is 38.1. The number of aromatic nitrogens is 4. The molecule has 4 aromatic rings. The lowest BCUT2D eigenvalue weighted by molar-refractivity contribution is -0.113. The highest BCUT2D eigenvalue weighted by molar-refractivity contribution is 7.99. The monoisotopic (exact) mass is 478 g/mol. The van der Waals surface area contributed by atoms with E-state index >= 15 is 0 Å². The van der Waals surface area contributed by atoms with Crippen LogP contribution in [0, 0.1) is 6.92 Å². The number of nitrogens with zero attached hydrogens (tertiary/aromatic N) is 4. The first kappa shape index (κ1) is 23.5. The van der Waals surface area contributed by atoms with Crippen molar-refractivity contribution in [2.24, 2.45) is 7.05 Å². The molecule has 0 bridgehead atoms. The number of nitrogens with one attached hydrogen (secondary N) is 2. The Kier molecular flexibility index (Phi) is 6.69. The number of amides is 2. The van der Waals surface area contributed by atoms with Crippen molar-refractivity contribution >= 4 is 45.9 Å². The molecule has 1 unspecified atom stereocenters. The molecule has 34 heavy (non-hydrogen) atoms. The van der Waals surface area contributed by atoms with Crippen molar-refractivity contribution in [1.29, 1.82) is 0 Å². The Bertz CT molecular complexity index is 1460. The first-order valence-corrected chi connectivity index (χ1v) is 11.9. The summed E-state index contributed by atoms with van der Waals surface area (Å²) in [6, 6.07) is 12.5. The lowest BCUT2D eigenvalue weighted by Gasteiger charge is -2.13. The zero-order chi connectivity index (χ0) is 24.4. The van der Waals surface area contributed by atoms with Crippen molar-refractivity contribution in [3.8, 4) is 0 Å². The topological polar surface area (TPSA) is 110 Å². The lowest BCUT2D eigenvalue weighted by Crippen LogP contribution is -2.32. The molecule has 0 radical (unpaired) electrons. The molecular weight excluding hydrogens is 452 g/mol. The van der Waals surface area contributed by atoms with Crippen LogP contribution in [0.5, 0.6) is 0 Å². The highest BCUT2D eigenvalue weighted by Gasteiger charge is 2.18. The van der Waals surface area contributed by atoms with Crippen LogP contribution in [0.25, 0.3) is 16.7 Å². The Hall–Kier alpha value is -3.66. The normalized spacial score (nSPS) is 12.1. The Morgan fingerprint density at radius 3 is 2.68 bits per heavy atom. The SMILES string of the molecule is CCC(C)NC(=O)c1ccc2c(=O)n(C)c3nnc(SCC(=O)Nc4cccc(C)c4)n3c2c1. The Morgan fingerprint density at radius 2 is 1.94 bits per heavy atom. The molecule has 2 heterocycles. The Morgan fingerprint density at radius 1 is 1.15 bits per heavy atom. The highest BCUT2D eigenvalue weighted by atomic mass is 32.2. The molecule has 10 heteroatoms. The van der Waals surface area contributed by atoms with Crippen LogP contribution >= 0.6 is 11.8 Å². The van der Waals surface area contributed by atoms with Crippen molar-refractivity contribution in [2.45, 2.75) is 38.4 Å². The third kappa shape index (κ3) is 4.67. The van der Waals surface area contributed by atoms with E-state index in [0.29, 0.717) is 27.4 Å². The molecule has 0 aliphatic carbocycles. The maximum absolute atomic E-state index is 12.9. The number of hydrogen-bond donors (Lipinski definition) is 2. The molecular formula is C24H26N6O3S. The van der Waals surface area contributed by atoms with Crippen molar-refractivity contribution in [2.75, 3.05) is 11.1 Å². The van der Waals surface area contributed by atoms with Crippen LogP contribution in [0.2, 0.25) is 0 Å². The zero-order valence-corrected chi connectivity index (χ0v) is 20.3. The van der Waals surface area contributed by atoms with E-state index in [0.717, 1.165) is 17.7 Å². The molecule has 0 aliphatic rings. The number of fused-ring (bicyclic) bond motifs is 3. The molecule has 4 rings (SSSR count). The second-order valence-electron chi connectivity index (χ2n) is 8.20. The summed E-state index contributed by atoms with van der Waals surface area (Å²) in [5.74, 6) is 0.0336. The van der Waals surface area contributed by atoms with Crippen LogP contribution in [-0.2, 0) is 11.8 Å². The van der Waals surface area contributed by atoms with Gasteiger partial charge in [-0.25, -0.2) is 0 Å². The van der Waals surface area contributed by atoms with Crippen LogP contribution < -0.4 is 16.2 Å². The van der Waals surface area contributed by atoms with Gasteiger partial charge in [0.15, 0.2) is 5.16 Å². The number of carbonyl (C=O) groups excluding carboxylic acids is 2. The predicted octanol–water partition coefficient (Wildman–Crippen LogP) is 3.15. The Balaban J connectivity index is 1.68. The number of thioether (sulfide) groups is 1. The summed E-state index contributed by atoms with van der Waals surface area (Å²) in [6.45, 7) is 5.89. The van der Waals surface area contributed by atoms with Gasteiger partial charge in [-0.3, -0.25) is 23.4 Å². The Labute approximate surface area is 200 Å². The van der Waals surface area contributed by atoms with Gasteiger partial charge in [0.1, 0.15) is 0 Å². The standard InChI is InChI=1S/C24H26N6O3S/c1-5-15(3)25-21(32)16-9-10-18-19(12-16)30-23(29(4)22(18)33)27-28-24(30)34-13-20(31)26-17-8-6-7-14(2)11-17/h6-12,15H,5,13H2,1-4H3,(H,25,32)(H,26,31). The van der Waals surface area contributed by atoms with Gasteiger partial charge in [-0.2, -0.15) is 0 Å². The summed E-state index contributed by atoms with van der Waals surface area (Å²) < 4.78 is 3.12. The highest BCUT2D eigenvalue weighted by Crippen LogP contribution is 2.23. The van der Waals surface area contributed by atoms with E-state index in [2.05, 4.69) is 20.8 Å². The molecule has 9 nitrogen and oxygen atoms in total. The van der Waals surface area contributed by atoms with Crippen molar-refractivity contribution in [3.05, 3.63) is 63.9 Å². The molecule has 0 aliphatic heterocycles. The number of aryl methyl sites for hydroxylation is 2. The van der Waals surface area contributed by atoms with E-state index in [9.17, 15) is 14.4 Å². The molecule has 2 aromatic carbocycles. The van der Waals surface area contributed by atoms with Crippen LogP contribution in [0.4, 0.5) is 5.69 Å². The van der Waals surface area contributed by atoms with Gasteiger partial charge in [-0.05, 0) is 56.2 Å². The van der Waals surface area contributed by atoms with Gasteiger partial charge in [0.2, 0.25) is 11.7 Å². The third-order valence-electron chi connectivity index (χ3n) is 5.58. The molecule has 0 fully saturated rings. The molecule has 0 spiro atoms. The number of benzene rings is 2. The van der Waals surface area contributed by atoms with E-state index in [1.807, 2.05) is 45.0 Å². The largest absolute Gasteiger partial charge is 0.350 e. The summed E-state index contributed by atoms with van der Waals surface area (Å²) in [5.41, 5.74) is 2.49.